The van der Waals surface area contributed by atoms with Gasteiger partial charge in [-0.1, -0.05) is 36.4 Å². The fourth-order valence-corrected chi connectivity index (χ4v) is 5.29. The lowest BCUT2D eigenvalue weighted by Gasteiger charge is -2.42. The molecule has 1 aromatic rings. The Bertz CT molecular complexity index is 1170. The van der Waals surface area contributed by atoms with Gasteiger partial charge in [-0.25, -0.2) is 9.59 Å². The first kappa shape index (κ1) is 36.3. The molecule has 0 aromatic heterocycles. The molecule has 1 fully saturated rings. The van der Waals surface area contributed by atoms with Gasteiger partial charge in [-0.3, -0.25) is 14.4 Å². The van der Waals surface area contributed by atoms with Crippen LogP contribution < -0.4 is 10.6 Å². The van der Waals surface area contributed by atoms with Crippen LogP contribution in [0.25, 0.3) is 0 Å². The minimum absolute atomic E-state index is 0.0670. The van der Waals surface area contributed by atoms with Crippen molar-refractivity contribution in [2.24, 2.45) is 0 Å². The van der Waals surface area contributed by atoms with E-state index in [0.717, 1.165) is 32.4 Å². The predicted molar refractivity (Wildman–Crippen MR) is 168 cm³/mol. The lowest BCUT2D eigenvalue weighted by atomic mass is 9.90. The Morgan fingerprint density at radius 1 is 1.05 bits per heavy atom. The van der Waals surface area contributed by atoms with E-state index in [1.165, 1.54) is 17.5 Å². The van der Waals surface area contributed by atoms with E-state index >= 15 is 0 Å². The van der Waals surface area contributed by atoms with Gasteiger partial charge in [-0.15, -0.1) is 0 Å². The molecule has 11 heteroatoms. The molecule has 0 radical (unpaired) electrons. The van der Waals surface area contributed by atoms with Gasteiger partial charge in [-0.2, -0.15) is 0 Å². The topological polar surface area (TPSA) is 145 Å². The number of rotatable bonds is 11. The van der Waals surface area contributed by atoms with Crippen LogP contribution in [0.15, 0.2) is 36.4 Å². The maximum absolute atomic E-state index is 12.6. The maximum atomic E-state index is 12.6. The summed E-state index contributed by atoms with van der Waals surface area (Å²) in [6, 6.07) is 7.31. The number of aliphatic carboxylic acids is 1. The third-order valence-electron chi connectivity index (χ3n) is 7.70. The maximum Gasteiger partial charge on any atom is 0.407 e. The molecule has 3 N–H and O–H groups in total. The van der Waals surface area contributed by atoms with Gasteiger partial charge in [0.1, 0.15) is 11.6 Å². The molecular weight excluding hydrogens is 564 g/mol. The number of alkyl carbamates (subject to hydrolysis) is 1. The highest BCUT2D eigenvalue weighted by atomic mass is 16.6. The third-order valence-corrected chi connectivity index (χ3v) is 7.70. The van der Waals surface area contributed by atoms with Gasteiger partial charge in [0.05, 0.1) is 0 Å². The number of nitrogens with one attached hydrogen (secondary N) is 2. The second-order valence-corrected chi connectivity index (χ2v) is 13.0. The highest BCUT2D eigenvalue weighted by Crippen LogP contribution is 2.28. The number of hydrogen-bond acceptors (Lipinski definition) is 6. The molecule has 44 heavy (non-hydrogen) atoms. The molecule has 2 aliphatic rings. The number of amides is 4. The molecule has 0 bridgehead atoms. The Morgan fingerprint density at radius 2 is 1.70 bits per heavy atom. The van der Waals surface area contributed by atoms with Crippen molar-refractivity contribution >= 4 is 30.3 Å². The van der Waals surface area contributed by atoms with Crippen molar-refractivity contribution in [1.82, 2.24) is 20.4 Å². The molecule has 1 aromatic carbocycles. The summed E-state index contributed by atoms with van der Waals surface area (Å²) in [6.07, 6.45) is 5.21. The number of carbonyl (C=O) groups is 5. The molecule has 244 valence electrons. The number of carboxylic acid groups (broad SMARTS) is 1. The molecule has 0 spiro atoms. The molecule has 2 aliphatic heterocycles. The van der Waals surface area contributed by atoms with Crippen molar-refractivity contribution in [2.45, 2.75) is 110 Å². The smallest absolute Gasteiger partial charge is 0.407 e. The molecule has 2 heterocycles. The number of fused-ring (bicyclic) bond motifs is 1. The second kappa shape index (κ2) is 16.8. The first-order valence-electron chi connectivity index (χ1n) is 15.3. The van der Waals surface area contributed by atoms with Crippen LogP contribution in [0.4, 0.5) is 4.79 Å². The monoisotopic (exact) mass is 614 g/mol. The van der Waals surface area contributed by atoms with Gasteiger partial charge in [-0.05, 0) is 84.3 Å². The Labute approximate surface area is 261 Å². The molecule has 4 amide bonds. The second-order valence-electron chi connectivity index (χ2n) is 13.0. The summed E-state index contributed by atoms with van der Waals surface area (Å²) in [5.41, 5.74) is 2.56. The number of hydrogen-bond donors (Lipinski definition) is 3. The quantitative estimate of drug-likeness (QED) is 0.250. The van der Waals surface area contributed by atoms with E-state index in [4.69, 9.17) is 9.84 Å². The number of benzene rings is 1. The van der Waals surface area contributed by atoms with Gasteiger partial charge in [0.2, 0.25) is 18.2 Å². The molecule has 3 rings (SSSR count). The Balaban J connectivity index is 0.000000314. The molecule has 11 nitrogen and oxygen atoms in total. The minimum atomic E-state index is -1.13. The van der Waals surface area contributed by atoms with E-state index in [9.17, 15) is 24.0 Å². The first-order valence-corrected chi connectivity index (χ1v) is 15.3. The summed E-state index contributed by atoms with van der Waals surface area (Å²) in [5.74, 6) is -0.892. The first-order chi connectivity index (χ1) is 20.6. The van der Waals surface area contributed by atoms with Crippen LogP contribution in [0.3, 0.4) is 0 Å². The molecule has 0 aliphatic carbocycles. The highest BCUT2D eigenvalue weighted by molar-refractivity contribution is 5.84. The highest BCUT2D eigenvalue weighted by Gasteiger charge is 2.33. The Hall–Kier alpha value is -3.89. The van der Waals surface area contributed by atoms with Crippen LogP contribution in [0.5, 0.6) is 0 Å². The van der Waals surface area contributed by atoms with E-state index in [0.29, 0.717) is 44.3 Å². The van der Waals surface area contributed by atoms with E-state index < -0.39 is 23.7 Å². The Kier molecular flexibility index (Phi) is 13.9. The van der Waals surface area contributed by atoms with Crippen LogP contribution >= 0.6 is 0 Å². The van der Waals surface area contributed by atoms with E-state index in [1.807, 2.05) is 15.9 Å². The number of carboxylic acids is 1. The van der Waals surface area contributed by atoms with E-state index in [2.05, 4.69) is 49.3 Å². The van der Waals surface area contributed by atoms with Crippen LogP contribution in [-0.2, 0) is 36.9 Å². The fraction of sp³-hybridized carbons (Fsp3) is 0.606. The van der Waals surface area contributed by atoms with E-state index in [-0.39, 0.29) is 23.8 Å². The SMILES string of the molecule is C=C(CCNC(=O)OC(C)(C)C)CC(NC=O)C(=O)O.CC1(C)CCCCN1C(=O)CCC(=O)N1CCc2ccccc2C1. The zero-order chi connectivity index (χ0) is 32.9. The predicted octanol–water partition coefficient (Wildman–Crippen LogP) is 4.19. The van der Waals surface area contributed by atoms with Crippen molar-refractivity contribution in [1.29, 1.82) is 0 Å². The average Bonchev–Trinajstić information content (AvgIpc) is 2.94. The zero-order valence-electron chi connectivity index (χ0n) is 26.9. The molecule has 1 saturated heterocycles. The molecule has 1 atom stereocenters. The van der Waals surface area contributed by atoms with Crippen molar-refractivity contribution < 1.29 is 33.8 Å². The Morgan fingerprint density at radius 3 is 2.32 bits per heavy atom. The summed E-state index contributed by atoms with van der Waals surface area (Å²) < 4.78 is 5.04. The van der Waals surface area contributed by atoms with Crippen molar-refractivity contribution in [2.75, 3.05) is 19.6 Å². The van der Waals surface area contributed by atoms with Gasteiger partial charge < -0.3 is 30.3 Å². The molecular formula is C33H50N4O7. The van der Waals surface area contributed by atoms with Gasteiger partial charge in [0.15, 0.2) is 0 Å². The number of piperidine rings is 1. The summed E-state index contributed by atoms with van der Waals surface area (Å²) >= 11 is 0. The number of likely N-dealkylation sites (tertiary alicyclic amines) is 1. The largest absolute Gasteiger partial charge is 0.480 e. The van der Waals surface area contributed by atoms with Crippen molar-refractivity contribution in [3.63, 3.8) is 0 Å². The molecule has 1 unspecified atom stereocenters. The number of carbonyl (C=O) groups excluding carboxylic acids is 4. The normalized spacial score (nSPS) is 16.3. The van der Waals surface area contributed by atoms with Gasteiger partial charge in [0, 0.05) is 44.6 Å². The third kappa shape index (κ3) is 12.4. The van der Waals surface area contributed by atoms with Crippen LogP contribution in [0.1, 0.15) is 90.7 Å². The van der Waals surface area contributed by atoms with Crippen LogP contribution in [0, 0.1) is 0 Å². The van der Waals surface area contributed by atoms with Crippen LogP contribution in [0.2, 0.25) is 0 Å². The standard InChI is InChI=1S/C20H28N2O2.C13H22N2O5/c1-20(2)12-5-6-13-22(20)19(24)10-9-18(23)21-14-11-16-7-3-4-8-17(16)15-21;1-9(7-10(11(17)18)15-8-16)5-6-14-12(19)20-13(2,3)4/h3-4,7-8H,5-6,9-15H2,1-2H3;8,10H,1,5-7H2,2-4H3,(H,14,19)(H,15,16)(H,17,18). The number of ether oxygens (including phenoxy) is 1. The number of nitrogens with zero attached hydrogens (tertiary/aromatic N) is 2. The summed E-state index contributed by atoms with van der Waals surface area (Å²) in [6.45, 7) is 15.8. The summed E-state index contributed by atoms with van der Waals surface area (Å²) in [4.78, 5) is 61.4. The fourth-order valence-electron chi connectivity index (χ4n) is 5.29. The summed E-state index contributed by atoms with van der Waals surface area (Å²) in [7, 11) is 0. The average molecular weight is 615 g/mol. The van der Waals surface area contributed by atoms with Crippen molar-refractivity contribution in [3.05, 3.63) is 47.5 Å². The molecule has 0 saturated carbocycles. The summed E-state index contributed by atoms with van der Waals surface area (Å²) in [5, 5.41) is 13.6. The lowest BCUT2D eigenvalue weighted by Crippen LogP contribution is -2.50. The minimum Gasteiger partial charge on any atom is -0.480 e. The van der Waals surface area contributed by atoms with Crippen LogP contribution in [-0.4, -0.2) is 82.0 Å². The van der Waals surface area contributed by atoms with Gasteiger partial charge >= 0.3 is 12.1 Å². The van der Waals surface area contributed by atoms with E-state index in [1.54, 1.807) is 20.8 Å². The van der Waals surface area contributed by atoms with Gasteiger partial charge in [0.25, 0.3) is 0 Å². The van der Waals surface area contributed by atoms with Crippen molar-refractivity contribution in [3.8, 4) is 0 Å². The lowest BCUT2D eigenvalue weighted by molar-refractivity contribution is -0.142. The zero-order valence-corrected chi connectivity index (χ0v) is 26.9.